The molecule has 1 aromatic heterocycles. The van der Waals surface area contributed by atoms with Crippen LogP contribution in [0.1, 0.15) is 23.8 Å². The van der Waals surface area contributed by atoms with Gasteiger partial charge in [0.15, 0.2) is 0 Å². The Kier molecular flexibility index (Phi) is 2.36. The zero-order valence-corrected chi connectivity index (χ0v) is 8.95. The highest BCUT2D eigenvalue weighted by molar-refractivity contribution is 7.19. The molecular formula is C12H14S. The molecule has 0 amide bonds. The van der Waals surface area contributed by atoms with Crippen LogP contribution >= 0.6 is 11.3 Å². The predicted molar refractivity (Wildman–Crippen MR) is 60.6 cm³/mol. The van der Waals surface area contributed by atoms with Crippen molar-refractivity contribution in [3.8, 4) is 0 Å². The first-order valence-corrected chi connectivity index (χ1v) is 5.60. The first-order chi connectivity index (χ1) is 6.29. The average molecular weight is 190 g/mol. The Morgan fingerprint density at radius 2 is 2.08 bits per heavy atom. The van der Waals surface area contributed by atoms with Crippen LogP contribution in [0.3, 0.4) is 0 Å². The summed E-state index contributed by atoms with van der Waals surface area (Å²) in [5, 5.41) is 1.39. The van der Waals surface area contributed by atoms with Crippen molar-refractivity contribution in [2.45, 2.75) is 26.7 Å². The number of hydrogen-bond donors (Lipinski definition) is 0. The van der Waals surface area contributed by atoms with Gasteiger partial charge < -0.3 is 0 Å². The van der Waals surface area contributed by atoms with E-state index in [4.69, 9.17) is 0 Å². The molecule has 1 aromatic carbocycles. The SMILES string of the molecule is CCCc1ccc2cc(C)sc2c1. The summed E-state index contributed by atoms with van der Waals surface area (Å²) in [5.41, 5.74) is 1.47. The molecular weight excluding hydrogens is 176 g/mol. The van der Waals surface area contributed by atoms with Crippen LogP contribution in [0.2, 0.25) is 0 Å². The molecule has 0 saturated heterocycles. The Morgan fingerprint density at radius 3 is 2.85 bits per heavy atom. The Labute approximate surface area is 83.2 Å². The minimum Gasteiger partial charge on any atom is -0.141 e. The van der Waals surface area contributed by atoms with Gasteiger partial charge in [0.05, 0.1) is 0 Å². The van der Waals surface area contributed by atoms with Gasteiger partial charge in [0, 0.05) is 9.58 Å². The second kappa shape index (κ2) is 3.51. The fourth-order valence-corrected chi connectivity index (χ4v) is 2.64. The molecule has 0 saturated carbocycles. The van der Waals surface area contributed by atoms with Gasteiger partial charge >= 0.3 is 0 Å². The first-order valence-electron chi connectivity index (χ1n) is 4.78. The predicted octanol–water partition coefficient (Wildman–Crippen LogP) is 4.16. The highest BCUT2D eigenvalue weighted by atomic mass is 32.1. The molecule has 2 rings (SSSR count). The van der Waals surface area contributed by atoms with Gasteiger partial charge in [0.25, 0.3) is 0 Å². The Hall–Kier alpha value is -0.820. The van der Waals surface area contributed by atoms with E-state index >= 15 is 0 Å². The fourth-order valence-electron chi connectivity index (χ4n) is 1.65. The topological polar surface area (TPSA) is 0 Å². The summed E-state index contributed by atoms with van der Waals surface area (Å²) < 4.78 is 1.43. The Balaban J connectivity index is 2.48. The van der Waals surface area contributed by atoms with Gasteiger partial charge in [-0.3, -0.25) is 0 Å². The van der Waals surface area contributed by atoms with E-state index in [0.29, 0.717) is 0 Å². The molecule has 68 valence electrons. The van der Waals surface area contributed by atoms with Crippen molar-refractivity contribution in [2.75, 3.05) is 0 Å². The summed E-state index contributed by atoms with van der Waals surface area (Å²) in [6.07, 6.45) is 2.43. The first kappa shape index (κ1) is 8.76. The molecule has 0 N–H and O–H groups in total. The lowest BCUT2D eigenvalue weighted by Crippen LogP contribution is -1.80. The van der Waals surface area contributed by atoms with E-state index in [2.05, 4.69) is 38.1 Å². The maximum absolute atomic E-state index is 2.33. The van der Waals surface area contributed by atoms with Crippen LogP contribution in [0.4, 0.5) is 0 Å². The molecule has 0 fully saturated rings. The van der Waals surface area contributed by atoms with E-state index in [1.165, 1.54) is 33.4 Å². The molecule has 1 heteroatoms. The fraction of sp³-hybridized carbons (Fsp3) is 0.333. The minimum atomic E-state index is 1.20. The molecule has 0 radical (unpaired) electrons. The molecule has 0 aliphatic carbocycles. The molecule has 0 nitrogen and oxygen atoms in total. The number of rotatable bonds is 2. The molecule has 0 aliphatic heterocycles. The van der Waals surface area contributed by atoms with Crippen LogP contribution < -0.4 is 0 Å². The normalized spacial score (nSPS) is 10.9. The van der Waals surface area contributed by atoms with Crippen molar-refractivity contribution in [2.24, 2.45) is 0 Å². The maximum Gasteiger partial charge on any atom is 0.0348 e. The van der Waals surface area contributed by atoms with Gasteiger partial charge in [0.2, 0.25) is 0 Å². The van der Waals surface area contributed by atoms with Gasteiger partial charge in [-0.05, 0) is 36.4 Å². The van der Waals surface area contributed by atoms with Crippen LogP contribution in [0, 0.1) is 6.92 Å². The molecule has 0 unspecified atom stereocenters. The molecule has 1 heterocycles. The van der Waals surface area contributed by atoms with Crippen molar-refractivity contribution >= 4 is 21.4 Å². The number of hydrogen-bond acceptors (Lipinski definition) is 1. The van der Waals surface area contributed by atoms with Crippen LogP contribution in [-0.2, 0) is 6.42 Å². The number of thiophene rings is 1. The molecule has 0 aliphatic rings. The second-order valence-electron chi connectivity index (χ2n) is 3.48. The molecule has 0 spiro atoms. The standard InChI is InChI=1S/C12H14S/c1-3-4-10-5-6-11-7-9(2)13-12(11)8-10/h5-8H,3-4H2,1-2H3. The molecule has 2 aromatic rings. The van der Waals surface area contributed by atoms with Crippen LogP contribution in [0.5, 0.6) is 0 Å². The summed E-state index contributed by atoms with van der Waals surface area (Å²) in [4.78, 5) is 1.41. The third-order valence-electron chi connectivity index (χ3n) is 2.25. The van der Waals surface area contributed by atoms with Gasteiger partial charge in [-0.15, -0.1) is 11.3 Å². The Bertz CT molecular complexity index is 412. The third kappa shape index (κ3) is 1.75. The lowest BCUT2D eigenvalue weighted by atomic mass is 10.1. The highest BCUT2D eigenvalue weighted by Crippen LogP contribution is 2.26. The van der Waals surface area contributed by atoms with Crippen molar-refractivity contribution < 1.29 is 0 Å². The van der Waals surface area contributed by atoms with Gasteiger partial charge in [-0.1, -0.05) is 25.5 Å². The van der Waals surface area contributed by atoms with Crippen LogP contribution in [0.15, 0.2) is 24.3 Å². The molecule has 0 bridgehead atoms. The van der Waals surface area contributed by atoms with E-state index in [1.54, 1.807) is 0 Å². The monoisotopic (exact) mass is 190 g/mol. The van der Waals surface area contributed by atoms with Gasteiger partial charge in [-0.25, -0.2) is 0 Å². The molecule has 0 atom stereocenters. The lowest BCUT2D eigenvalue weighted by molar-refractivity contribution is 0.924. The second-order valence-corrected chi connectivity index (χ2v) is 4.77. The van der Waals surface area contributed by atoms with Crippen molar-refractivity contribution in [1.29, 1.82) is 0 Å². The smallest absolute Gasteiger partial charge is 0.0348 e. The summed E-state index contributed by atoms with van der Waals surface area (Å²) in [6, 6.07) is 9.08. The van der Waals surface area contributed by atoms with E-state index in [0.717, 1.165) is 0 Å². The number of benzene rings is 1. The highest BCUT2D eigenvalue weighted by Gasteiger charge is 1.98. The van der Waals surface area contributed by atoms with E-state index in [1.807, 2.05) is 11.3 Å². The maximum atomic E-state index is 2.33. The zero-order chi connectivity index (χ0) is 9.26. The largest absolute Gasteiger partial charge is 0.141 e. The van der Waals surface area contributed by atoms with Gasteiger partial charge in [-0.2, -0.15) is 0 Å². The van der Waals surface area contributed by atoms with E-state index < -0.39 is 0 Å². The van der Waals surface area contributed by atoms with E-state index in [9.17, 15) is 0 Å². The molecule has 13 heavy (non-hydrogen) atoms. The zero-order valence-electron chi connectivity index (χ0n) is 8.13. The summed E-state index contributed by atoms with van der Waals surface area (Å²) in [5.74, 6) is 0. The minimum absolute atomic E-state index is 1.20. The quantitative estimate of drug-likeness (QED) is 0.667. The van der Waals surface area contributed by atoms with Crippen molar-refractivity contribution in [1.82, 2.24) is 0 Å². The summed E-state index contributed by atoms with van der Waals surface area (Å²) in [7, 11) is 0. The van der Waals surface area contributed by atoms with Crippen LogP contribution in [-0.4, -0.2) is 0 Å². The van der Waals surface area contributed by atoms with Gasteiger partial charge in [0.1, 0.15) is 0 Å². The van der Waals surface area contributed by atoms with Crippen molar-refractivity contribution in [3.05, 3.63) is 34.7 Å². The Morgan fingerprint density at radius 1 is 1.23 bits per heavy atom. The third-order valence-corrected chi connectivity index (χ3v) is 3.26. The van der Waals surface area contributed by atoms with Crippen LogP contribution in [0.25, 0.3) is 10.1 Å². The number of fused-ring (bicyclic) bond motifs is 1. The number of aryl methyl sites for hydroxylation is 2. The van der Waals surface area contributed by atoms with E-state index in [-0.39, 0.29) is 0 Å². The summed E-state index contributed by atoms with van der Waals surface area (Å²) in [6.45, 7) is 4.40. The lowest BCUT2D eigenvalue weighted by Gasteiger charge is -1.97. The average Bonchev–Trinajstić information content (AvgIpc) is 2.44. The van der Waals surface area contributed by atoms with Crippen molar-refractivity contribution in [3.63, 3.8) is 0 Å². The summed E-state index contributed by atoms with van der Waals surface area (Å²) >= 11 is 1.89.